The summed E-state index contributed by atoms with van der Waals surface area (Å²) in [5, 5.41) is 0.236. The number of carbonyl (C=O) groups excluding carboxylic acids is 1. The van der Waals surface area contributed by atoms with Crippen molar-refractivity contribution in [3.05, 3.63) is 76.7 Å². The van der Waals surface area contributed by atoms with Crippen LogP contribution in [0.4, 0.5) is 0 Å². The smallest absolute Gasteiger partial charge is 0.193 e. The fraction of sp³-hybridized carbons (Fsp3) is 0.176. The average Bonchev–Trinajstić information content (AvgIpc) is 2.47. The molecule has 0 atom stereocenters. The first-order valence-electron chi connectivity index (χ1n) is 6.64. The van der Waals surface area contributed by atoms with Gasteiger partial charge in [-0.1, -0.05) is 41.9 Å². The summed E-state index contributed by atoms with van der Waals surface area (Å²) in [6.45, 7) is 0. The largest absolute Gasteiger partial charge is 0.383 e. The highest BCUT2D eigenvalue weighted by molar-refractivity contribution is 6.33. The standard InChI is InChI=1S/C17H17ClN2O/c1-20(2)12-14(11-13-7-4-3-5-8-13)16(21)15-9-6-10-19-17(15)18/h3-10,12H,11H2,1-2H3/b14-12+. The van der Waals surface area contributed by atoms with E-state index in [1.807, 2.05) is 55.5 Å². The summed E-state index contributed by atoms with van der Waals surface area (Å²) in [5.41, 5.74) is 2.20. The number of rotatable bonds is 5. The van der Waals surface area contributed by atoms with Crippen LogP contribution in [0.15, 0.2) is 60.4 Å². The number of allylic oxidation sites excluding steroid dienone is 1. The molecule has 1 heterocycles. The molecular weight excluding hydrogens is 284 g/mol. The van der Waals surface area contributed by atoms with Gasteiger partial charge in [-0.3, -0.25) is 4.79 Å². The molecule has 0 aliphatic rings. The third-order valence-electron chi connectivity index (χ3n) is 2.95. The Bertz CT molecular complexity index is 651. The average molecular weight is 301 g/mol. The van der Waals surface area contributed by atoms with E-state index < -0.39 is 0 Å². The van der Waals surface area contributed by atoms with Crippen molar-refractivity contribution in [2.45, 2.75) is 6.42 Å². The maximum absolute atomic E-state index is 12.7. The van der Waals surface area contributed by atoms with Crippen LogP contribution in [0, 0.1) is 0 Å². The summed E-state index contributed by atoms with van der Waals surface area (Å²) in [6, 6.07) is 13.3. The van der Waals surface area contributed by atoms with Crippen molar-refractivity contribution >= 4 is 17.4 Å². The Balaban J connectivity index is 2.33. The molecule has 0 spiro atoms. The van der Waals surface area contributed by atoms with Crippen LogP contribution in [0.5, 0.6) is 0 Å². The molecule has 0 saturated heterocycles. The fourth-order valence-electron chi connectivity index (χ4n) is 2.04. The molecule has 3 nitrogen and oxygen atoms in total. The lowest BCUT2D eigenvalue weighted by molar-refractivity contribution is 0.103. The quantitative estimate of drug-likeness (QED) is 0.480. The van der Waals surface area contributed by atoms with E-state index in [0.717, 1.165) is 5.56 Å². The van der Waals surface area contributed by atoms with Crippen LogP contribution >= 0.6 is 11.6 Å². The molecule has 0 unspecified atom stereocenters. The van der Waals surface area contributed by atoms with Gasteiger partial charge in [-0.2, -0.15) is 0 Å². The summed E-state index contributed by atoms with van der Waals surface area (Å²) in [6.07, 6.45) is 3.97. The van der Waals surface area contributed by atoms with E-state index in [0.29, 0.717) is 17.6 Å². The van der Waals surface area contributed by atoms with Gasteiger partial charge in [0, 0.05) is 38.5 Å². The van der Waals surface area contributed by atoms with Gasteiger partial charge in [0.1, 0.15) is 5.15 Å². The molecule has 0 bridgehead atoms. The van der Waals surface area contributed by atoms with Crippen LogP contribution in [0.25, 0.3) is 0 Å². The summed E-state index contributed by atoms with van der Waals surface area (Å²) in [7, 11) is 3.78. The lowest BCUT2D eigenvalue weighted by atomic mass is 9.98. The van der Waals surface area contributed by atoms with Crippen molar-refractivity contribution in [1.29, 1.82) is 0 Å². The molecule has 1 aromatic carbocycles. The fourth-order valence-corrected chi connectivity index (χ4v) is 2.25. The minimum absolute atomic E-state index is 0.0920. The molecule has 0 saturated carbocycles. The van der Waals surface area contributed by atoms with E-state index in [1.54, 1.807) is 18.3 Å². The second-order valence-corrected chi connectivity index (χ2v) is 5.31. The number of hydrogen-bond acceptors (Lipinski definition) is 3. The highest BCUT2D eigenvalue weighted by atomic mass is 35.5. The highest BCUT2D eigenvalue weighted by Gasteiger charge is 2.16. The zero-order valence-electron chi connectivity index (χ0n) is 12.1. The second-order valence-electron chi connectivity index (χ2n) is 4.95. The summed E-state index contributed by atoms with van der Waals surface area (Å²) >= 11 is 6.03. The van der Waals surface area contributed by atoms with Gasteiger partial charge in [0.2, 0.25) is 0 Å². The van der Waals surface area contributed by atoms with Crippen molar-refractivity contribution in [2.75, 3.05) is 14.1 Å². The van der Waals surface area contributed by atoms with Crippen molar-refractivity contribution in [3.8, 4) is 0 Å². The number of carbonyl (C=O) groups is 1. The van der Waals surface area contributed by atoms with Gasteiger partial charge in [-0.05, 0) is 17.7 Å². The van der Waals surface area contributed by atoms with Crippen molar-refractivity contribution in [3.63, 3.8) is 0 Å². The van der Waals surface area contributed by atoms with Gasteiger partial charge in [-0.25, -0.2) is 4.98 Å². The molecular formula is C17H17ClN2O. The highest BCUT2D eigenvalue weighted by Crippen LogP contribution is 2.19. The molecule has 4 heteroatoms. The van der Waals surface area contributed by atoms with Crippen LogP contribution < -0.4 is 0 Å². The number of aromatic nitrogens is 1. The number of nitrogens with zero attached hydrogens (tertiary/aromatic N) is 2. The number of Topliss-reactive ketones (excluding diaryl/α,β-unsaturated/α-hetero) is 1. The summed E-state index contributed by atoms with van der Waals surface area (Å²) < 4.78 is 0. The first-order chi connectivity index (χ1) is 10.1. The van der Waals surface area contributed by atoms with E-state index in [-0.39, 0.29) is 10.9 Å². The molecule has 2 aromatic rings. The van der Waals surface area contributed by atoms with E-state index in [2.05, 4.69) is 4.98 Å². The molecule has 0 radical (unpaired) electrons. The lowest BCUT2D eigenvalue weighted by Gasteiger charge is -2.12. The zero-order chi connectivity index (χ0) is 15.2. The summed E-state index contributed by atoms with van der Waals surface area (Å²) in [5.74, 6) is -0.0920. The van der Waals surface area contributed by atoms with E-state index in [4.69, 9.17) is 11.6 Å². The predicted octanol–water partition coefficient (Wildman–Crippen LogP) is 3.61. The van der Waals surface area contributed by atoms with Gasteiger partial charge >= 0.3 is 0 Å². The Kier molecular flexibility index (Phi) is 5.12. The Hall–Kier alpha value is -2.13. The summed E-state index contributed by atoms with van der Waals surface area (Å²) in [4.78, 5) is 18.5. The zero-order valence-corrected chi connectivity index (χ0v) is 12.8. The van der Waals surface area contributed by atoms with E-state index in [1.165, 1.54) is 0 Å². The SMILES string of the molecule is CN(C)/C=C(\Cc1ccccc1)C(=O)c1cccnc1Cl. The van der Waals surface area contributed by atoms with Crippen molar-refractivity contribution < 1.29 is 4.79 Å². The van der Waals surface area contributed by atoms with Crippen LogP contribution in [-0.2, 0) is 6.42 Å². The number of ketones is 1. The molecule has 0 N–H and O–H groups in total. The Labute approximate surface area is 129 Å². The van der Waals surface area contributed by atoms with E-state index >= 15 is 0 Å². The van der Waals surface area contributed by atoms with Crippen LogP contribution in [-0.4, -0.2) is 29.8 Å². The molecule has 0 aliphatic heterocycles. The van der Waals surface area contributed by atoms with Crippen LogP contribution in [0.2, 0.25) is 5.15 Å². The maximum atomic E-state index is 12.7. The van der Waals surface area contributed by atoms with E-state index in [9.17, 15) is 4.79 Å². The third kappa shape index (κ3) is 4.17. The number of benzene rings is 1. The Morgan fingerprint density at radius 3 is 2.52 bits per heavy atom. The Morgan fingerprint density at radius 1 is 1.19 bits per heavy atom. The second kappa shape index (κ2) is 7.04. The molecule has 0 amide bonds. The normalized spacial score (nSPS) is 11.3. The number of halogens is 1. The topological polar surface area (TPSA) is 33.2 Å². The van der Waals surface area contributed by atoms with Gasteiger partial charge < -0.3 is 4.90 Å². The first kappa shape index (κ1) is 15.3. The van der Waals surface area contributed by atoms with Gasteiger partial charge in [0.25, 0.3) is 0 Å². The number of pyridine rings is 1. The molecule has 21 heavy (non-hydrogen) atoms. The monoisotopic (exact) mass is 300 g/mol. The van der Waals surface area contributed by atoms with Gasteiger partial charge in [0.05, 0.1) is 5.56 Å². The Morgan fingerprint density at radius 2 is 1.90 bits per heavy atom. The predicted molar refractivity (Wildman–Crippen MR) is 85.5 cm³/mol. The molecule has 108 valence electrons. The first-order valence-corrected chi connectivity index (χ1v) is 7.02. The van der Waals surface area contributed by atoms with Gasteiger partial charge in [-0.15, -0.1) is 0 Å². The molecule has 1 aromatic heterocycles. The third-order valence-corrected chi connectivity index (χ3v) is 3.25. The maximum Gasteiger partial charge on any atom is 0.193 e. The molecule has 0 fully saturated rings. The van der Waals surface area contributed by atoms with Crippen LogP contribution in [0.3, 0.4) is 0 Å². The van der Waals surface area contributed by atoms with Crippen molar-refractivity contribution in [2.24, 2.45) is 0 Å². The van der Waals surface area contributed by atoms with Gasteiger partial charge in [0.15, 0.2) is 5.78 Å². The van der Waals surface area contributed by atoms with Crippen LogP contribution in [0.1, 0.15) is 15.9 Å². The van der Waals surface area contributed by atoms with Crippen molar-refractivity contribution in [1.82, 2.24) is 9.88 Å². The minimum atomic E-state index is -0.0920. The molecule has 0 aliphatic carbocycles. The lowest BCUT2D eigenvalue weighted by Crippen LogP contribution is -2.12. The molecule has 2 rings (SSSR count). The minimum Gasteiger partial charge on any atom is -0.383 e. The number of hydrogen-bond donors (Lipinski definition) is 0.